The average molecular weight is 172 g/mol. The minimum Gasteiger partial charge on any atom is -0.617 e. The first-order chi connectivity index (χ1) is 5.16. The molecular formula is C8H10ClNO. The van der Waals surface area contributed by atoms with Crippen molar-refractivity contribution in [3.05, 3.63) is 33.8 Å². The Morgan fingerprint density at radius 1 is 1.55 bits per heavy atom. The molecule has 1 aromatic heterocycles. The molecule has 60 valence electrons. The van der Waals surface area contributed by atoms with Crippen LogP contribution in [0, 0.1) is 12.1 Å². The Morgan fingerprint density at radius 3 is 2.73 bits per heavy atom. The summed E-state index contributed by atoms with van der Waals surface area (Å²) < 4.78 is 0.775. The number of hydrogen-bond acceptors (Lipinski definition) is 1. The third-order valence-corrected chi connectivity index (χ3v) is 2.10. The molecular weight excluding hydrogens is 162 g/mol. The topological polar surface area (TPSA) is 26.9 Å². The lowest BCUT2D eigenvalue weighted by molar-refractivity contribution is -0.611. The molecule has 0 amide bonds. The van der Waals surface area contributed by atoms with E-state index in [1.807, 2.05) is 19.9 Å². The summed E-state index contributed by atoms with van der Waals surface area (Å²) in [5.41, 5.74) is 1.53. The highest BCUT2D eigenvalue weighted by molar-refractivity contribution is 6.29. The van der Waals surface area contributed by atoms with Gasteiger partial charge in [-0.15, -0.1) is 0 Å². The molecule has 1 aromatic rings. The van der Waals surface area contributed by atoms with Crippen LogP contribution in [0.2, 0.25) is 5.15 Å². The quantitative estimate of drug-likeness (QED) is 0.360. The molecule has 0 saturated heterocycles. The molecule has 0 unspecified atom stereocenters. The fourth-order valence-corrected chi connectivity index (χ4v) is 1.08. The van der Waals surface area contributed by atoms with E-state index in [0.29, 0.717) is 12.1 Å². The molecule has 0 bridgehead atoms. The van der Waals surface area contributed by atoms with E-state index in [1.54, 1.807) is 6.07 Å². The zero-order valence-electron chi connectivity index (χ0n) is 6.60. The second-order valence-electron chi connectivity index (χ2n) is 2.45. The van der Waals surface area contributed by atoms with E-state index in [2.05, 4.69) is 0 Å². The van der Waals surface area contributed by atoms with Crippen molar-refractivity contribution < 1.29 is 4.73 Å². The van der Waals surface area contributed by atoms with Crippen molar-refractivity contribution in [3.8, 4) is 0 Å². The first-order valence-electron chi connectivity index (χ1n) is 3.54. The van der Waals surface area contributed by atoms with E-state index < -0.39 is 0 Å². The SMILES string of the molecule is CCc1ccc(C)c(Cl)[n+]1[O-]. The molecule has 3 heteroatoms. The first kappa shape index (κ1) is 8.34. The van der Waals surface area contributed by atoms with Gasteiger partial charge in [0.05, 0.1) is 0 Å². The first-order valence-corrected chi connectivity index (χ1v) is 3.92. The lowest BCUT2D eigenvalue weighted by Gasteiger charge is -2.04. The van der Waals surface area contributed by atoms with Gasteiger partial charge in [0.2, 0.25) is 0 Å². The van der Waals surface area contributed by atoms with Crippen LogP contribution in [0.25, 0.3) is 0 Å². The highest BCUT2D eigenvalue weighted by atomic mass is 35.5. The largest absolute Gasteiger partial charge is 0.617 e. The van der Waals surface area contributed by atoms with E-state index in [-0.39, 0.29) is 5.15 Å². The molecule has 11 heavy (non-hydrogen) atoms. The molecule has 2 nitrogen and oxygen atoms in total. The maximum absolute atomic E-state index is 11.2. The lowest BCUT2D eigenvalue weighted by atomic mass is 10.2. The van der Waals surface area contributed by atoms with Crippen LogP contribution in [0.1, 0.15) is 18.2 Å². The van der Waals surface area contributed by atoms with E-state index in [9.17, 15) is 5.21 Å². The number of aromatic nitrogens is 1. The molecule has 0 spiro atoms. The molecule has 1 heterocycles. The van der Waals surface area contributed by atoms with Gasteiger partial charge in [-0.25, -0.2) is 0 Å². The highest BCUT2D eigenvalue weighted by Gasteiger charge is 2.09. The van der Waals surface area contributed by atoms with E-state index in [0.717, 1.165) is 10.3 Å². The van der Waals surface area contributed by atoms with Crippen molar-refractivity contribution in [1.29, 1.82) is 0 Å². The fourth-order valence-electron chi connectivity index (χ4n) is 0.905. The maximum Gasteiger partial charge on any atom is 0.289 e. The molecule has 0 N–H and O–H groups in total. The zero-order valence-corrected chi connectivity index (χ0v) is 7.35. The predicted octanol–water partition coefficient (Wildman–Crippen LogP) is 1.84. The summed E-state index contributed by atoms with van der Waals surface area (Å²) in [6.07, 6.45) is 0.712. The summed E-state index contributed by atoms with van der Waals surface area (Å²) in [7, 11) is 0. The van der Waals surface area contributed by atoms with E-state index >= 15 is 0 Å². The molecule has 0 aliphatic carbocycles. The maximum atomic E-state index is 11.2. The number of rotatable bonds is 1. The van der Waals surface area contributed by atoms with Gasteiger partial charge in [0.15, 0.2) is 5.69 Å². The Labute approximate surface area is 71.0 Å². The molecule has 1 rings (SSSR count). The van der Waals surface area contributed by atoms with E-state index in [1.165, 1.54) is 0 Å². The monoisotopic (exact) mass is 171 g/mol. The normalized spacial score (nSPS) is 10.1. The number of halogens is 1. The lowest BCUT2D eigenvalue weighted by Crippen LogP contribution is -2.33. The second kappa shape index (κ2) is 3.09. The third-order valence-electron chi connectivity index (χ3n) is 1.65. The summed E-state index contributed by atoms with van der Waals surface area (Å²) in [6, 6.07) is 3.66. The Morgan fingerprint density at radius 2 is 2.18 bits per heavy atom. The van der Waals surface area contributed by atoms with Crippen molar-refractivity contribution in [2.24, 2.45) is 0 Å². The van der Waals surface area contributed by atoms with Crippen molar-refractivity contribution >= 4 is 11.6 Å². The van der Waals surface area contributed by atoms with Gasteiger partial charge in [-0.05, 0) is 24.6 Å². The molecule has 0 aromatic carbocycles. The minimum atomic E-state index is 0.282. The zero-order chi connectivity index (χ0) is 8.43. The van der Waals surface area contributed by atoms with Crippen molar-refractivity contribution in [2.75, 3.05) is 0 Å². The van der Waals surface area contributed by atoms with Crippen molar-refractivity contribution in [1.82, 2.24) is 0 Å². The van der Waals surface area contributed by atoms with Crippen LogP contribution in [-0.2, 0) is 6.42 Å². The number of hydrogen-bond donors (Lipinski definition) is 0. The van der Waals surface area contributed by atoms with Gasteiger partial charge in [-0.2, -0.15) is 4.73 Å². The van der Waals surface area contributed by atoms with Gasteiger partial charge in [-0.1, -0.05) is 6.92 Å². The van der Waals surface area contributed by atoms with Crippen LogP contribution in [0.15, 0.2) is 12.1 Å². The Bertz CT molecular complexity index is 273. The summed E-state index contributed by atoms with van der Waals surface area (Å²) in [5, 5.41) is 11.5. The van der Waals surface area contributed by atoms with Gasteiger partial charge >= 0.3 is 0 Å². The van der Waals surface area contributed by atoms with Crippen LogP contribution in [0.5, 0.6) is 0 Å². The third kappa shape index (κ3) is 1.46. The molecule has 0 radical (unpaired) electrons. The number of aryl methyl sites for hydroxylation is 2. The standard InChI is InChI=1S/C8H10ClNO/c1-3-7-5-4-6(2)8(9)10(7)11/h4-5H,3H2,1-2H3. The van der Waals surface area contributed by atoms with Crippen molar-refractivity contribution in [3.63, 3.8) is 0 Å². The van der Waals surface area contributed by atoms with E-state index in [4.69, 9.17) is 11.6 Å². The molecule has 0 fully saturated rings. The van der Waals surface area contributed by atoms with Crippen LogP contribution >= 0.6 is 11.6 Å². The number of nitrogens with zero attached hydrogens (tertiary/aromatic N) is 1. The van der Waals surface area contributed by atoms with Gasteiger partial charge in [0.25, 0.3) is 5.15 Å². The molecule has 0 saturated carbocycles. The Balaban J connectivity index is 3.25. The summed E-state index contributed by atoms with van der Waals surface area (Å²) in [4.78, 5) is 0. The molecule has 0 aliphatic rings. The Kier molecular flexibility index (Phi) is 2.35. The fraction of sp³-hybridized carbons (Fsp3) is 0.375. The van der Waals surface area contributed by atoms with Crippen LogP contribution in [0.3, 0.4) is 0 Å². The highest BCUT2D eigenvalue weighted by Crippen LogP contribution is 2.09. The summed E-state index contributed by atoms with van der Waals surface area (Å²) >= 11 is 5.71. The van der Waals surface area contributed by atoms with Crippen LogP contribution in [0.4, 0.5) is 0 Å². The number of pyridine rings is 1. The van der Waals surface area contributed by atoms with Crippen LogP contribution < -0.4 is 4.73 Å². The van der Waals surface area contributed by atoms with Gasteiger partial charge < -0.3 is 5.21 Å². The van der Waals surface area contributed by atoms with Gasteiger partial charge in [0, 0.05) is 18.1 Å². The van der Waals surface area contributed by atoms with Gasteiger partial charge in [0.1, 0.15) is 0 Å². The second-order valence-corrected chi connectivity index (χ2v) is 2.80. The molecule has 0 aliphatic heterocycles. The Hall–Kier alpha value is -0.760. The van der Waals surface area contributed by atoms with Crippen LogP contribution in [-0.4, -0.2) is 0 Å². The van der Waals surface area contributed by atoms with Crippen molar-refractivity contribution in [2.45, 2.75) is 20.3 Å². The summed E-state index contributed by atoms with van der Waals surface area (Å²) in [6.45, 7) is 3.74. The molecule has 0 atom stereocenters. The summed E-state index contributed by atoms with van der Waals surface area (Å²) in [5.74, 6) is 0. The predicted molar refractivity (Wildman–Crippen MR) is 44.5 cm³/mol. The minimum absolute atomic E-state index is 0.282. The smallest absolute Gasteiger partial charge is 0.289 e. The van der Waals surface area contributed by atoms with Gasteiger partial charge in [-0.3, -0.25) is 0 Å². The average Bonchev–Trinajstić information content (AvgIpc) is 2.01.